The monoisotopic (exact) mass is 509 g/mol. The van der Waals surface area contributed by atoms with E-state index >= 15 is 0 Å². The molecular formula is C28H26F3N3O3. The molecule has 192 valence electrons. The fraction of sp³-hybridized carbons (Fsp3) is 0.250. The maximum Gasteiger partial charge on any atom is 0.417 e. The fourth-order valence-corrected chi connectivity index (χ4v) is 4.18. The highest BCUT2D eigenvalue weighted by molar-refractivity contribution is 5.74. The number of aliphatic carboxylic acids is 1. The van der Waals surface area contributed by atoms with Crippen molar-refractivity contribution in [1.29, 1.82) is 0 Å². The number of nitrogens with zero attached hydrogens (tertiary/aromatic N) is 3. The summed E-state index contributed by atoms with van der Waals surface area (Å²) < 4.78 is 45.9. The molecule has 0 unspecified atom stereocenters. The Morgan fingerprint density at radius 1 is 0.973 bits per heavy atom. The van der Waals surface area contributed by atoms with Gasteiger partial charge in [0.2, 0.25) is 5.82 Å². The number of benzene rings is 3. The predicted octanol–water partition coefficient (Wildman–Crippen LogP) is 6.86. The van der Waals surface area contributed by atoms with E-state index in [0.29, 0.717) is 28.1 Å². The van der Waals surface area contributed by atoms with E-state index in [4.69, 9.17) is 4.52 Å². The number of carboxylic acids is 1. The smallest absolute Gasteiger partial charge is 0.417 e. The Kier molecular flexibility index (Phi) is 7.18. The minimum atomic E-state index is -4.46. The van der Waals surface area contributed by atoms with Crippen LogP contribution in [0.4, 0.5) is 13.2 Å². The molecule has 4 aromatic rings. The van der Waals surface area contributed by atoms with Crippen molar-refractivity contribution in [3.05, 3.63) is 83.4 Å². The van der Waals surface area contributed by atoms with Gasteiger partial charge >= 0.3 is 12.1 Å². The van der Waals surface area contributed by atoms with Crippen LogP contribution in [0.1, 0.15) is 36.6 Å². The minimum Gasteiger partial charge on any atom is -0.480 e. The average molecular weight is 510 g/mol. The van der Waals surface area contributed by atoms with Gasteiger partial charge in [0.15, 0.2) is 0 Å². The number of hydrogen-bond donors (Lipinski definition) is 1. The van der Waals surface area contributed by atoms with Crippen molar-refractivity contribution >= 4 is 5.97 Å². The summed E-state index contributed by atoms with van der Waals surface area (Å²) in [6.07, 6.45) is -4.46. The Bertz CT molecular complexity index is 1410. The largest absolute Gasteiger partial charge is 0.480 e. The average Bonchev–Trinajstić information content (AvgIpc) is 3.37. The molecule has 0 fully saturated rings. The summed E-state index contributed by atoms with van der Waals surface area (Å²) in [4.78, 5) is 17.5. The molecule has 1 N–H and O–H groups in total. The van der Waals surface area contributed by atoms with Gasteiger partial charge in [-0.15, -0.1) is 0 Å². The maximum atomic E-state index is 13.5. The molecule has 0 amide bonds. The van der Waals surface area contributed by atoms with Crippen LogP contribution >= 0.6 is 0 Å². The highest BCUT2D eigenvalue weighted by Gasteiger charge is 2.33. The third kappa shape index (κ3) is 5.41. The molecule has 1 heterocycles. The molecule has 0 radical (unpaired) electrons. The van der Waals surface area contributed by atoms with E-state index in [1.807, 2.05) is 31.2 Å². The van der Waals surface area contributed by atoms with Gasteiger partial charge in [0.05, 0.1) is 5.56 Å². The topological polar surface area (TPSA) is 79.5 Å². The van der Waals surface area contributed by atoms with Crippen LogP contribution in [-0.4, -0.2) is 39.2 Å². The van der Waals surface area contributed by atoms with Crippen molar-refractivity contribution in [2.45, 2.75) is 39.0 Å². The molecule has 0 bridgehead atoms. The fourth-order valence-electron chi connectivity index (χ4n) is 4.18. The number of rotatable bonds is 7. The highest BCUT2D eigenvalue weighted by Crippen LogP contribution is 2.39. The summed E-state index contributed by atoms with van der Waals surface area (Å²) >= 11 is 0. The molecule has 0 aliphatic heterocycles. The van der Waals surface area contributed by atoms with Crippen molar-refractivity contribution in [3.63, 3.8) is 0 Å². The lowest BCUT2D eigenvalue weighted by Gasteiger charge is -2.28. The van der Waals surface area contributed by atoms with Crippen molar-refractivity contribution in [2.24, 2.45) is 0 Å². The first-order chi connectivity index (χ1) is 17.5. The predicted molar refractivity (Wildman–Crippen MR) is 134 cm³/mol. The van der Waals surface area contributed by atoms with Gasteiger partial charge < -0.3 is 9.63 Å². The lowest BCUT2D eigenvalue weighted by atomic mass is 9.94. The number of hydrogen-bond acceptors (Lipinski definition) is 5. The lowest BCUT2D eigenvalue weighted by Crippen LogP contribution is -2.37. The zero-order valence-electron chi connectivity index (χ0n) is 20.7. The van der Waals surface area contributed by atoms with Crippen molar-refractivity contribution in [1.82, 2.24) is 15.0 Å². The van der Waals surface area contributed by atoms with Gasteiger partial charge in [-0.3, -0.25) is 9.69 Å². The highest BCUT2D eigenvalue weighted by atomic mass is 19.4. The van der Waals surface area contributed by atoms with Crippen LogP contribution in [0, 0.1) is 6.92 Å². The number of aryl methyl sites for hydroxylation is 1. The maximum absolute atomic E-state index is 13.5. The third-order valence-electron chi connectivity index (χ3n) is 6.65. The van der Waals surface area contributed by atoms with Gasteiger partial charge in [-0.1, -0.05) is 53.7 Å². The molecule has 37 heavy (non-hydrogen) atoms. The number of carbonyl (C=O) groups is 1. The second kappa shape index (κ2) is 10.2. The molecule has 0 spiro atoms. The Balaban J connectivity index is 1.56. The molecule has 0 saturated carbocycles. The third-order valence-corrected chi connectivity index (χ3v) is 6.65. The molecule has 0 saturated heterocycles. The number of carboxylic acid groups (broad SMARTS) is 1. The normalized spacial score (nSPS) is 13.5. The van der Waals surface area contributed by atoms with Crippen molar-refractivity contribution in [3.8, 4) is 34.0 Å². The van der Waals surface area contributed by atoms with E-state index < -0.39 is 23.8 Å². The molecular weight excluding hydrogens is 483 g/mol. The van der Waals surface area contributed by atoms with E-state index in [1.165, 1.54) is 12.1 Å². The van der Waals surface area contributed by atoms with Gasteiger partial charge in [0.1, 0.15) is 6.04 Å². The van der Waals surface area contributed by atoms with E-state index in [9.17, 15) is 23.1 Å². The second-order valence-electron chi connectivity index (χ2n) is 8.97. The summed E-state index contributed by atoms with van der Waals surface area (Å²) in [5.74, 6) is -0.273. The van der Waals surface area contributed by atoms with Crippen LogP contribution < -0.4 is 0 Å². The Hall–Kier alpha value is -3.98. The van der Waals surface area contributed by atoms with E-state index in [1.54, 1.807) is 50.1 Å². The molecule has 0 aliphatic rings. The Morgan fingerprint density at radius 2 is 1.62 bits per heavy atom. The van der Waals surface area contributed by atoms with Gasteiger partial charge in [-0.2, -0.15) is 18.2 Å². The first kappa shape index (κ1) is 26.1. The molecule has 2 atom stereocenters. The van der Waals surface area contributed by atoms with Gasteiger partial charge in [0, 0.05) is 17.2 Å². The minimum absolute atomic E-state index is 0.114. The Labute approximate surface area is 212 Å². The summed E-state index contributed by atoms with van der Waals surface area (Å²) in [7, 11) is 1.76. The number of halogens is 3. The van der Waals surface area contributed by atoms with Crippen LogP contribution in [0.2, 0.25) is 0 Å². The van der Waals surface area contributed by atoms with E-state index in [-0.39, 0.29) is 17.5 Å². The Morgan fingerprint density at radius 3 is 2.24 bits per heavy atom. The van der Waals surface area contributed by atoms with Crippen LogP contribution in [0.25, 0.3) is 34.0 Å². The quantitative estimate of drug-likeness (QED) is 0.293. The zero-order valence-corrected chi connectivity index (χ0v) is 20.7. The van der Waals surface area contributed by atoms with Gasteiger partial charge in [-0.25, -0.2) is 0 Å². The van der Waals surface area contributed by atoms with Gasteiger partial charge in [0.25, 0.3) is 5.89 Å². The van der Waals surface area contributed by atoms with Crippen LogP contribution in [-0.2, 0) is 11.0 Å². The van der Waals surface area contributed by atoms with Crippen LogP contribution in [0.5, 0.6) is 0 Å². The SMILES string of the molecule is Cc1cc(-c2nc(-c3ccc([C@@H](C)N(C)[C@@H](C)C(=O)O)cc3)no2)ccc1-c1ccccc1C(F)(F)F. The van der Waals surface area contributed by atoms with Crippen LogP contribution in [0.3, 0.4) is 0 Å². The van der Waals surface area contributed by atoms with Gasteiger partial charge in [-0.05, 0) is 68.3 Å². The van der Waals surface area contributed by atoms with E-state index in [2.05, 4.69) is 10.1 Å². The van der Waals surface area contributed by atoms with E-state index in [0.717, 1.165) is 11.6 Å². The van der Waals surface area contributed by atoms with Crippen molar-refractivity contribution in [2.75, 3.05) is 7.05 Å². The summed E-state index contributed by atoms with van der Waals surface area (Å²) in [6, 6.07) is 17.2. The summed E-state index contributed by atoms with van der Waals surface area (Å²) in [5, 5.41) is 13.3. The molecule has 4 rings (SSSR count). The molecule has 6 nitrogen and oxygen atoms in total. The number of alkyl halides is 3. The summed E-state index contributed by atoms with van der Waals surface area (Å²) in [5.41, 5.74) is 2.80. The first-order valence-corrected chi connectivity index (χ1v) is 11.6. The van der Waals surface area contributed by atoms with Crippen molar-refractivity contribution < 1.29 is 27.6 Å². The lowest BCUT2D eigenvalue weighted by molar-refractivity contribution is -0.143. The standard InChI is InChI=1S/C28H26F3N3O3/c1-16-15-21(13-14-22(16)23-7-5-6-8-24(23)28(29,30)31)26-32-25(33-37-26)20-11-9-19(10-12-20)17(2)34(4)18(3)27(35)36/h5-15,17-18H,1-4H3,(H,35,36)/t17-,18+/m1/s1. The zero-order chi connectivity index (χ0) is 26.9. The summed E-state index contributed by atoms with van der Waals surface area (Å²) in [6.45, 7) is 5.31. The number of aromatic nitrogens is 2. The molecule has 9 heteroatoms. The number of likely N-dealkylation sites (N-methyl/N-ethyl adjacent to an activating group) is 1. The second-order valence-corrected chi connectivity index (χ2v) is 8.97. The molecule has 3 aromatic carbocycles. The molecule has 0 aliphatic carbocycles. The first-order valence-electron chi connectivity index (χ1n) is 11.6. The van der Waals surface area contributed by atoms with Crippen LogP contribution in [0.15, 0.2) is 71.3 Å². The molecule has 1 aromatic heterocycles.